The summed E-state index contributed by atoms with van der Waals surface area (Å²) in [6.07, 6.45) is 3.68. The minimum absolute atomic E-state index is 0.0632. The van der Waals surface area contributed by atoms with Crippen molar-refractivity contribution in [3.8, 4) is 11.3 Å². The Morgan fingerprint density at radius 3 is 2.59 bits per heavy atom. The molecule has 164 valence electrons. The molecular weight excluding hydrogens is 418 g/mol. The first-order valence-electron chi connectivity index (χ1n) is 11.1. The SMILES string of the molecule is Cc1ccc(-c2cn3nc(N4CCC(C(=O)NCc5cccc(C)c5)CC4)sc3n2)cc1. The highest BCUT2D eigenvalue weighted by Gasteiger charge is 2.26. The molecule has 5 rings (SSSR count). The summed E-state index contributed by atoms with van der Waals surface area (Å²) in [5, 5.41) is 8.83. The van der Waals surface area contributed by atoms with Gasteiger partial charge in [-0.25, -0.2) is 9.50 Å². The lowest BCUT2D eigenvalue weighted by molar-refractivity contribution is -0.125. The molecule has 1 fully saturated rings. The first kappa shape index (κ1) is 20.7. The number of hydrogen-bond acceptors (Lipinski definition) is 5. The van der Waals surface area contributed by atoms with Crippen LogP contribution in [0.3, 0.4) is 0 Å². The fraction of sp³-hybridized carbons (Fsp3) is 0.320. The van der Waals surface area contributed by atoms with Crippen molar-refractivity contribution in [3.63, 3.8) is 0 Å². The molecule has 0 saturated carbocycles. The van der Waals surface area contributed by atoms with E-state index in [1.54, 1.807) is 11.3 Å². The molecule has 0 atom stereocenters. The van der Waals surface area contributed by atoms with Gasteiger partial charge in [0.1, 0.15) is 0 Å². The molecule has 4 aromatic rings. The number of anilines is 1. The normalized spacial score (nSPS) is 14.8. The van der Waals surface area contributed by atoms with Crippen LogP contribution in [0.15, 0.2) is 54.7 Å². The fourth-order valence-corrected chi connectivity index (χ4v) is 5.10. The maximum Gasteiger partial charge on any atom is 0.223 e. The lowest BCUT2D eigenvalue weighted by Crippen LogP contribution is -2.40. The van der Waals surface area contributed by atoms with Crippen LogP contribution in [0.5, 0.6) is 0 Å². The van der Waals surface area contributed by atoms with E-state index in [1.807, 2.05) is 16.8 Å². The quantitative estimate of drug-likeness (QED) is 0.487. The van der Waals surface area contributed by atoms with Crippen LogP contribution in [0.1, 0.15) is 29.5 Å². The molecule has 7 heteroatoms. The van der Waals surface area contributed by atoms with E-state index in [-0.39, 0.29) is 11.8 Å². The second kappa shape index (κ2) is 8.74. The van der Waals surface area contributed by atoms with E-state index in [0.29, 0.717) is 6.54 Å². The number of piperidine rings is 1. The summed E-state index contributed by atoms with van der Waals surface area (Å²) in [5.41, 5.74) is 5.65. The molecule has 0 spiro atoms. The summed E-state index contributed by atoms with van der Waals surface area (Å²) in [7, 11) is 0. The smallest absolute Gasteiger partial charge is 0.223 e. The number of carbonyl (C=O) groups is 1. The predicted molar refractivity (Wildman–Crippen MR) is 129 cm³/mol. The van der Waals surface area contributed by atoms with E-state index in [1.165, 1.54) is 11.1 Å². The zero-order chi connectivity index (χ0) is 22.1. The van der Waals surface area contributed by atoms with E-state index < -0.39 is 0 Å². The zero-order valence-electron chi connectivity index (χ0n) is 18.4. The van der Waals surface area contributed by atoms with Gasteiger partial charge in [-0.2, -0.15) is 0 Å². The molecule has 1 saturated heterocycles. The van der Waals surface area contributed by atoms with Gasteiger partial charge >= 0.3 is 0 Å². The molecule has 1 aliphatic rings. The number of amides is 1. The molecule has 0 aliphatic carbocycles. The second-order valence-corrected chi connectivity index (χ2v) is 9.51. The van der Waals surface area contributed by atoms with Crippen molar-refractivity contribution >= 4 is 27.3 Å². The Balaban J connectivity index is 1.18. The maximum absolute atomic E-state index is 12.6. The number of carbonyl (C=O) groups excluding carboxylic acids is 1. The number of aromatic nitrogens is 3. The van der Waals surface area contributed by atoms with Crippen molar-refractivity contribution in [2.75, 3.05) is 18.0 Å². The van der Waals surface area contributed by atoms with Gasteiger partial charge in [0.05, 0.1) is 11.9 Å². The molecule has 0 radical (unpaired) electrons. The average molecular weight is 446 g/mol. The van der Waals surface area contributed by atoms with Crippen LogP contribution in [0.2, 0.25) is 0 Å². The van der Waals surface area contributed by atoms with Crippen LogP contribution in [-0.4, -0.2) is 33.6 Å². The van der Waals surface area contributed by atoms with Crippen LogP contribution in [0.25, 0.3) is 16.2 Å². The van der Waals surface area contributed by atoms with Gasteiger partial charge in [-0.15, -0.1) is 5.10 Å². The first-order valence-corrected chi connectivity index (χ1v) is 11.9. The van der Waals surface area contributed by atoms with E-state index in [9.17, 15) is 4.79 Å². The van der Waals surface area contributed by atoms with Gasteiger partial charge in [0.25, 0.3) is 0 Å². The molecule has 1 N–H and O–H groups in total. The van der Waals surface area contributed by atoms with Gasteiger partial charge in [-0.1, -0.05) is 71.0 Å². The van der Waals surface area contributed by atoms with Crippen molar-refractivity contribution < 1.29 is 4.79 Å². The molecule has 2 aromatic heterocycles. The zero-order valence-corrected chi connectivity index (χ0v) is 19.2. The second-order valence-electron chi connectivity index (χ2n) is 8.57. The lowest BCUT2D eigenvalue weighted by atomic mass is 9.96. The van der Waals surface area contributed by atoms with Crippen LogP contribution < -0.4 is 10.2 Å². The molecule has 1 amide bonds. The molecule has 3 heterocycles. The van der Waals surface area contributed by atoms with Crippen molar-refractivity contribution in [2.45, 2.75) is 33.2 Å². The Hall–Kier alpha value is -3.19. The molecule has 0 unspecified atom stereocenters. The largest absolute Gasteiger partial charge is 0.352 e. The predicted octanol–water partition coefficient (Wildman–Crippen LogP) is 4.61. The molecule has 32 heavy (non-hydrogen) atoms. The standard InChI is InChI=1S/C25H27N5OS/c1-17-6-8-20(9-7-17)22-16-30-24(27-22)32-25(28-30)29-12-10-21(11-13-29)23(31)26-15-19-5-3-4-18(2)14-19/h3-9,14,16,21H,10-13,15H2,1-2H3,(H,26,31). The van der Waals surface area contributed by atoms with Gasteiger partial charge in [-0.05, 0) is 32.3 Å². The number of hydrogen-bond donors (Lipinski definition) is 1. The van der Waals surface area contributed by atoms with Crippen LogP contribution in [-0.2, 0) is 11.3 Å². The minimum Gasteiger partial charge on any atom is -0.352 e. The molecule has 2 aromatic carbocycles. The van der Waals surface area contributed by atoms with E-state index in [0.717, 1.165) is 52.8 Å². The Kier molecular flexibility index (Phi) is 5.66. The van der Waals surface area contributed by atoms with Crippen LogP contribution in [0, 0.1) is 19.8 Å². The summed E-state index contributed by atoms with van der Waals surface area (Å²) >= 11 is 1.61. The van der Waals surface area contributed by atoms with Crippen molar-refractivity contribution in [3.05, 3.63) is 71.4 Å². The number of fused-ring (bicyclic) bond motifs is 1. The van der Waals surface area contributed by atoms with Crippen molar-refractivity contribution in [2.24, 2.45) is 5.92 Å². The Morgan fingerprint density at radius 2 is 1.88 bits per heavy atom. The van der Waals surface area contributed by atoms with Crippen molar-refractivity contribution in [1.29, 1.82) is 0 Å². The number of aryl methyl sites for hydroxylation is 2. The Bertz CT molecular complexity index is 1200. The molecular formula is C25H27N5OS. The number of nitrogens with zero attached hydrogens (tertiary/aromatic N) is 4. The third-order valence-corrected chi connectivity index (χ3v) is 7.05. The summed E-state index contributed by atoms with van der Waals surface area (Å²) in [6, 6.07) is 16.7. The summed E-state index contributed by atoms with van der Waals surface area (Å²) < 4.78 is 1.87. The maximum atomic E-state index is 12.6. The molecule has 6 nitrogen and oxygen atoms in total. The lowest BCUT2D eigenvalue weighted by Gasteiger charge is -2.30. The topological polar surface area (TPSA) is 62.5 Å². The molecule has 0 bridgehead atoms. The number of benzene rings is 2. The summed E-state index contributed by atoms with van der Waals surface area (Å²) in [4.78, 5) is 20.6. The van der Waals surface area contributed by atoms with Gasteiger partial charge in [0.2, 0.25) is 16.0 Å². The van der Waals surface area contributed by atoms with E-state index in [4.69, 9.17) is 10.1 Å². The van der Waals surface area contributed by atoms with Crippen LogP contribution >= 0.6 is 11.3 Å². The highest BCUT2D eigenvalue weighted by Crippen LogP contribution is 2.29. The van der Waals surface area contributed by atoms with E-state index in [2.05, 4.69) is 66.5 Å². The van der Waals surface area contributed by atoms with Gasteiger partial charge in [-0.3, -0.25) is 4.79 Å². The average Bonchev–Trinajstić information content (AvgIpc) is 3.38. The first-order chi connectivity index (χ1) is 15.5. The van der Waals surface area contributed by atoms with Crippen molar-refractivity contribution in [1.82, 2.24) is 19.9 Å². The monoisotopic (exact) mass is 445 g/mol. The highest BCUT2D eigenvalue weighted by atomic mass is 32.1. The third kappa shape index (κ3) is 4.39. The minimum atomic E-state index is 0.0632. The van der Waals surface area contributed by atoms with Gasteiger partial charge < -0.3 is 10.2 Å². The van der Waals surface area contributed by atoms with Gasteiger partial charge in [0.15, 0.2) is 0 Å². The van der Waals surface area contributed by atoms with Gasteiger partial charge in [0, 0.05) is 31.1 Å². The fourth-order valence-electron chi connectivity index (χ4n) is 4.17. The Morgan fingerprint density at radius 1 is 1.09 bits per heavy atom. The number of rotatable bonds is 5. The molecule has 1 aliphatic heterocycles. The van der Waals surface area contributed by atoms with Crippen LogP contribution in [0.4, 0.5) is 5.13 Å². The number of nitrogens with one attached hydrogen (secondary N) is 1. The summed E-state index contributed by atoms with van der Waals surface area (Å²) in [5.74, 6) is 0.219. The Labute approximate surface area is 191 Å². The third-order valence-electron chi connectivity index (χ3n) is 6.07. The summed E-state index contributed by atoms with van der Waals surface area (Å²) in [6.45, 7) is 6.42. The highest BCUT2D eigenvalue weighted by molar-refractivity contribution is 7.20. The van der Waals surface area contributed by atoms with E-state index >= 15 is 0 Å². The number of imidazole rings is 1.